The number of carbonyl (C=O) groups is 2. The first-order chi connectivity index (χ1) is 13.0. The number of aryl methyl sites for hydroxylation is 2. The van der Waals surface area contributed by atoms with Crippen molar-refractivity contribution in [3.05, 3.63) is 46.1 Å². The van der Waals surface area contributed by atoms with Gasteiger partial charge in [-0.05, 0) is 31.0 Å². The number of piperazine rings is 1. The summed E-state index contributed by atoms with van der Waals surface area (Å²) in [5, 5.41) is 6.47. The lowest BCUT2D eigenvalue weighted by molar-refractivity contribution is -0.133. The molecular formula is C19H23BrN4O3. The number of anilines is 1. The van der Waals surface area contributed by atoms with Gasteiger partial charge in [-0.15, -0.1) is 0 Å². The van der Waals surface area contributed by atoms with Crippen molar-refractivity contribution in [1.29, 1.82) is 0 Å². The van der Waals surface area contributed by atoms with Gasteiger partial charge in [0.05, 0.1) is 6.54 Å². The number of benzene rings is 1. The van der Waals surface area contributed by atoms with E-state index in [1.807, 2.05) is 34.1 Å². The molecule has 1 fully saturated rings. The third-order valence-corrected chi connectivity index (χ3v) is 5.00. The van der Waals surface area contributed by atoms with Gasteiger partial charge in [0, 0.05) is 43.1 Å². The molecule has 144 valence electrons. The number of hydrogen-bond donors (Lipinski definition) is 1. The van der Waals surface area contributed by atoms with Gasteiger partial charge >= 0.3 is 0 Å². The topological polar surface area (TPSA) is 78.7 Å². The second kappa shape index (κ2) is 9.14. The Kier molecular flexibility index (Phi) is 6.63. The quantitative estimate of drug-likeness (QED) is 0.755. The van der Waals surface area contributed by atoms with Crippen LogP contribution in [0.15, 0.2) is 39.3 Å². The van der Waals surface area contributed by atoms with E-state index in [0.29, 0.717) is 44.2 Å². The molecule has 0 aliphatic carbocycles. The molecule has 1 aromatic heterocycles. The van der Waals surface area contributed by atoms with Crippen molar-refractivity contribution < 1.29 is 14.1 Å². The Morgan fingerprint density at radius 3 is 2.67 bits per heavy atom. The highest BCUT2D eigenvalue weighted by Crippen LogP contribution is 2.14. The molecule has 1 N–H and O–H groups in total. The Morgan fingerprint density at radius 2 is 2.00 bits per heavy atom. The lowest BCUT2D eigenvalue weighted by Gasteiger charge is -2.34. The molecule has 0 atom stereocenters. The number of hydrogen-bond acceptors (Lipinski definition) is 5. The van der Waals surface area contributed by atoms with Crippen LogP contribution in [0.5, 0.6) is 0 Å². The number of rotatable bonds is 6. The van der Waals surface area contributed by atoms with Crippen LogP contribution in [-0.4, -0.2) is 59.5 Å². The summed E-state index contributed by atoms with van der Waals surface area (Å²) >= 11 is 3.45. The van der Waals surface area contributed by atoms with Crippen molar-refractivity contribution in [1.82, 2.24) is 15.0 Å². The molecule has 0 radical (unpaired) electrons. The zero-order valence-electron chi connectivity index (χ0n) is 15.3. The van der Waals surface area contributed by atoms with Gasteiger partial charge < -0.3 is 14.7 Å². The number of nitrogens with one attached hydrogen (secondary N) is 1. The minimum absolute atomic E-state index is 0.127. The molecule has 2 amide bonds. The first kappa shape index (κ1) is 19.6. The molecule has 7 nitrogen and oxygen atoms in total. The molecule has 1 aromatic carbocycles. The highest BCUT2D eigenvalue weighted by atomic mass is 79.9. The van der Waals surface area contributed by atoms with E-state index < -0.39 is 0 Å². The van der Waals surface area contributed by atoms with E-state index in [1.54, 1.807) is 13.0 Å². The van der Waals surface area contributed by atoms with Gasteiger partial charge in [-0.25, -0.2) is 0 Å². The molecule has 0 saturated carbocycles. The van der Waals surface area contributed by atoms with Gasteiger partial charge in [-0.2, -0.15) is 0 Å². The number of halogens is 1. The van der Waals surface area contributed by atoms with Gasteiger partial charge in [0.15, 0.2) is 5.82 Å². The third-order valence-electron chi connectivity index (χ3n) is 4.50. The minimum atomic E-state index is -0.127. The number of carbonyl (C=O) groups excluding carboxylic acids is 2. The summed E-state index contributed by atoms with van der Waals surface area (Å²) < 4.78 is 5.96. The van der Waals surface area contributed by atoms with Crippen molar-refractivity contribution in [3.63, 3.8) is 0 Å². The largest absolute Gasteiger partial charge is 0.360 e. The Hall–Kier alpha value is -2.19. The predicted octanol–water partition coefficient (Wildman–Crippen LogP) is 2.46. The lowest BCUT2D eigenvalue weighted by atomic mass is 10.1. The SMILES string of the molecule is Cc1cc(NC(=O)CN2CCN(C(=O)CCc3cccc(Br)c3)CC2)no1. The molecule has 8 heteroatoms. The Morgan fingerprint density at radius 1 is 1.22 bits per heavy atom. The Labute approximate surface area is 166 Å². The maximum absolute atomic E-state index is 12.4. The standard InChI is InChI=1S/C19H23BrN4O3/c1-14-11-17(22-27-14)21-18(25)13-23-7-9-24(10-8-23)19(26)6-5-15-3-2-4-16(20)12-15/h2-4,11-12H,5-10,13H2,1H3,(H,21,22,25). The number of aromatic nitrogens is 1. The van der Waals surface area contributed by atoms with Crippen LogP contribution >= 0.6 is 15.9 Å². The summed E-state index contributed by atoms with van der Waals surface area (Å²) in [6, 6.07) is 9.71. The summed E-state index contributed by atoms with van der Waals surface area (Å²) in [5.41, 5.74) is 1.15. The molecule has 0 unspecified atom stereocenters. The van der Waals surface area contributed by atoms with Gasteiger partial charge in [0.2, 0.25) is 11.8 Å². The summed E-state index contributed by atoms with van der Waals surface area (Å²) in [7, 11) is 0. The molecule has 0 bridgehead atoms. The van der Waals surface area contributed by atoms with Crippen LogP contribution in [0.2, 0.25) is 0 Å². The van der Waals surface area contributed by atoms with Crippen LogP contribution in [0, 0.1) is 6.92 Å². The van der Waals surface area contributed by atoms with Gasteiger partial charge in [0.1, 0.15) is 5.76 Å². The van der Waals surface area contributed by atoms with Crippen molar-refractivity contribution >= 4 is 33.6 Å². The van der Waals surface area contributed by atoms with Crippen LogP contribution in [0.25, 0.3) is 0 Å². The van der Waals surface area contributed by atoms with E-state index in [-0.39, 0.29) is 18.4 Å². The van der Waals surface area contributed by atoms with E-state index in [2.05, 4.69) is 26.4 Å². The third kappa shape index (κ3) is 5.90. The van der Waals surface area contributed by atoms with E-state index in [4.69, 9.17) is 4.52 Å². The molecule has 1 aliphatic heterocycles. The second-order valence-corrected chi connectivity index (χ2v) is 7.57. The average molecular weight is 435 g/mol. The van der Waals surface area contributed by atoms with E-state index >= 15 is 0 Å². The van der Waals surface area contributed by atoms with Gasteiger partial charge in [-0.1, -0.05) is 33.2 Å². The summed E-state index contributed by atoms with van der Waals surface area (Å²) in [4.78, 5) is 28.4. The number of amides is 2. The second-order valence-electron chi connectivity index (χ2n) is 6.66. The lowest BCUT2D eigenvalue weighted by Crippen LogP contribution is -2.50. The van der Waals surface area contributed by atoms with Crippen molar-refractivity contribution in [3.8, 4) is 0 Å². The smallest absolute Gasteiger partial charge is 0.239 e. The zero-order valence-corrected chi connectivity index (χ0v) is 16.9. The van der Waals surface area contributed by atoms with Crippen LogP contribution in [0.1, 0.15) is 17.7 Å². The fraction of sp³-hybridized carbons (Fsp3) is 0.421. The van der Waals surface area contributed by atoms with Gasteiger partial charge in [0.25, 0.3) is 0 Å². The fourth-order valence-electron chi connectivity index (χ4n) is 3.07. The summed E-state index contributed by atoms with van der Waals surface area (Å²) in [5.74, 6) is 1.12. The van der Waals surface area contributed by atoms with E-state index in [1.165, 1.54) is 0 Å². The van der Waals surface area contributed by atoms with Crippen molar-refractivity contribution in [2.24, 2.45) is 0 Å². The zero-order chi connectivity index (χ0) is 19.2. The molecule has 1 aliphatic rings. The number of nitrogens with zero attached hydrogens (tertiary/aromatic N) is 3. The Bertz CT molecular complexity index is 800. The molecule has 0 spiro atoms. The van der Waals surface area contributed by atoms with Crippen LogP contribution < -0.4 is 5.32 Å². The first-order valence-electron chi connectivity index (χ1n) is 8.97. The van der Waals surface area contributed by atoms with Gasteiger partial charge in [-0.3, -0.25) is 14.5 Å². The maximum atomic E-state index is 12.4. The average Bonchev–Trinajstić information content (AvgIpc) is 3.05. The van der Waals surface area contributed by atoms with Crippen molar-refractivity contribution in [2.45, 2.75) is 19.8 Å². The van der Waals surface area contributed by atoms with Crippen LogP contribution in [0.3, 0.4) is 0 Å². The highest BCUT2D eigenvalue weighted by molar-refractivity contribution is 9.10. The molecule has 2 heterocycles. The molecule has 2 aromatic rings. The molecule has 1 saturated heterocycles. The molecular weight excluding hydrogens is 412 g/mol. The van der Waals surface area contributed by atoms with Crippen LogP contribution in [-0.2, 0) is 16.0 Å². The van der Waals surface area contributed by atoms with E-state index in [9.17, 15) is 9.59 Å². The summed E-state index contributed by atoms with van der Waals surface area (Å²) in [6.45, 7) is 4.73. The minimum Gasteiger partial charge on any atom is -0.360 e. The summed E-state index contributed by atoms with van der Waals surface area (Å²) in [6.07, 6.45) is 1.24. The normalized spacial score (nSPS) is 15.0. The predicted molar refractivity (Wildman–Crippen MR) is 105 cm³/mol. The van der Waals surface area contributed by atoms with E-state index in [0.717, 1.165) is 16.5 Å². The molecule has 3 rings (SSSR count). The Balaban J connectivity index is 1.39. The monoisotopic (exact) mass is 434 g/mol. The highest BCUT2D eigenvalue weighted by Gasteiger charge is 2.22. The van der Waals surface area contributed by atoms with Crippen molar-refractivity contribution in [2.75, 3.05) is 38.0 Å². The van der Waals surface area contributed by atoms with Crippen LogP contribution in [0.4, 0.5) is 5.82 Å². The maximum Gasteiger partial charge on any atom is 0.239 e. The fourth-order valence-corrected chi connectivity index (χ4v) is 3.51. The first-order valence-corrected chi connectivity index (χ1v) is 9.76. The molecule has 27 heavy (non-hydrogen) atoms.